The Hall–Kier alpha value is -2.60. The summed E-state index contributed by atoms with van der Waals surface area (Å²) in [5.74, 6) is 0.694. The highest BCUT2D eigenvalue weighted by Gasteiger charge is 2.19. The van der Waals surface area contributed by atoms with Crippen LogP contribution in [0.1, 0.15) is 29.9 Å². The van der Waals surface area contributed by atoms with E-state index in [1.165, 1.54) is 6.26 Å². The molecule has 2 aromatic carbocycles. The van der Waals surface area contributed by atoms with Crippen molar-refractivity contribution in [2.75, 3.05) is 12.9 Å². The van der Waals surface area contributed by atoms with E-state index in [2.05, 4.69) is 0 Å². The number of ketones is 1. The lowest BCUT2D eigenvalue weighted by Crippen LogP contribution is -2.01. The third-order valence-corrected chi connectivity index (χ3v) is 5.49. The summed E-state index contributed by atoms with van der Waals surface area (Å²) in [4.78, 5) is 12.5. The molecule has 26 heavy (non-hydrogen) atoms. The lowest BCUT2D eigenvalue weighted by molar-refractivity contribution is 0.101. The number of benzene rings is 2. The van der Waals surface area contributed by atoms with Crippen LogP contribution in [0, 0.1) is 6.92 Å². The number of sulfone groups is 1. The Bertz CT molecular complexity index is 1090. The van der Waals surface area contributed by atoms with Gasteiger partial charge >= 0.3 is 0 Å². The first-order chi connectivity index (χ1) is 12.2. The largest absolute Gasteiger partial charge is 0.494 e. The lowest BCUT2D eigenvalue weighted by atomic mass is 10.1. The van der Waals surface area contributed by atoms with E-state index in [-0.39, 0.29) is 10.7 Å². The Kier molecular flexibility index (Phi) is 4.63. The van der Waals surface area contributed by atoms with E-state index in [0.717, 1.165) is 22.3 Å². The maximum absolute atomic E-state index is 12.2. The molecule has 0 amide bonds. The predicted octanol–water partition coefficient (Wildman–Crippen LogP) is 3.94. The molecule has 0 spiro atoms. The summed E-state index contributed by atoms with van der Waals surface area (Å²) in [5.41, 5.74) is 3.14. The first kappa shape index (κ1) is 18.2. The molecule has 0 aliphatic carbocycles. The number of ether oxygens (including phenoxy) is 1. The molecule has 0 unspecified atom stereocenters. The summed E-state index contributed by atoms with van der Waals surface area (Å²) in [6, 6.07) is 12.3. The molecule has 5 nitrogen and oxygen atoms in total. The number of carbonyl (C=O) groups is 1. The molecule has 3 aromatic rings. The predicted molar refractivity (Wildman–Crippen MR) is 102 cm³/mol. The van der Waals surface area contributed by atoms with E-state index in [4.69, 9.17) is 4.74 Å². The summed E-state index contributed by atoms with van der Waals surface area (Å²) < 4.78 is 30.9. The average molecular weight is 371 g/mol. The minimum Gasteiger partial charge on any atom is -0.494 e. The quantitative estimate of drug-likeness (QED) is 0.637. The second-order valence-corrected chi connectivity index (χ2v) is 8.25. The molecule has 0 aliphatic rings. The monoisotopic (exact) mass is 371 g/mol. The molecule has 6 heteroatoms. The van der Waals surface area contributed by atoms with Gasteiger partial charge < -0.3 is 9.30 Å². The lowest BCUT2D eigenvalue weighted by Gasteiger charge is -2.10. The molecule has 0 bridgehead atoms. The van der Waals surface area contributed by atoms with Crippen LogP contribution in [-0.2, 0) is 9.84 Å². The van der Waals surface area contributed by atoms with Crippen molar-refractivity contribution in [2.24, 2.45) is 0 Å². The molecule has 0 saturated carbocycles. The van der Waals surface area contributed by atoms with Crippen LogP contribution in [-0.4, -0.2) is 31.6 Å². The fraction of sp³-hybridized carbons (Fsp3) is 0.250. The number of Topliss-reactive ketones (excluding diaryl/α,β-unsaturated/α-hetero) is 1. The first-order valence-corrected chi connectivity index (χ1v) is 10.2. The van der Waals surface area contributed by atoms with Crippen LogP contribution in [0.15, 0.2) is 47.4 Å². The number of fused-ring (bicyclic) bond motifs is 1. The van der Waals surface area contributed by atoms with Crippen LogP contribution >= 0.6 is 0 Å². The summed E-state index contributed by atoms with van der Waals surface area (Å²) in [6.45, 7) is 5.90. The summed E-state index contributed by atoms with van der Waals surface area (Å²) in [6.07, 6.45) is 1.18. The summed E-state index contributed by atoms with van der Waals surface area (Å²) in [5, 5.41) is 0.827. The van der Waals surface area contributed by atoms with Gasteiger partial charge in [0.25, 0.3) is 0 Å². The second kappa shape index (κ2) is 6.61. The van der Waals surface area contributed by atoms with Gasteiger partial charge in [-0.05, 0) is 63.2 Å². The van der Waals surface area contributed by atoms with Gasteiger partial charge in [-0.15, -0.1) is 0 Å². The number of aromatic nitrogens is 1. The fourth-order valence-corrected chi connectivity index (χ4v) is 3.90. The van der Waals surface area contributed by atoms with Crippen molar-refractivity contribution in [2.45, 2.75) is 25.7 Å². The van der Waals surface area contributed by atoms with E-state index in [1.807, 2.05) is 36.6 Å². The van der Waals surface area contributed by atoms with Gasteiger partial charge in [-0.25, -0.2) is 8.42 Å². The Morgan fingerprint density at radius 2 is 1.77 bits per heavy atom. The van der Waals surface area contributed by atoms with Crippen LogP contribution in [0.2, 0.25) is 0 Å². The van der Waals surface area contributed by atoms with Gasteiger partial charge in [0.1, 0.15) is 5.75 Å². The van der Waals surface area contributed by atoms with Crippen molar-refractivity contribution < 1.29 is 17.9 Å². The smallest absolute Gasteiger partial charge is 0.175 e. The first-order valence-electron chi connectivity index (χ1n) is 8.33. The van der Waals surface area contributed by atoms with Crippen molar-refractivity contribution in [3.8, 4) is 11.4 Å². The van der Waals surface area contributed by atoms with E-state index in [1.54, 1.807) is 31.2 Å². The van der Waals surface area contributed by atoms with Gasteiger partial charge in [-0.2, -0.15) is 0 Å². The van der Waals surface area contributed by atoms with Crippen molar-refractivity contribution >= 4 is 26.5 Å². The Balaban J connectivity index is 2.26. The van der Waals surface area contributed by atoms with Gasteiger partial charge in [0.05, 0.1) is 17.0 Å². The van der Waals surface area contributed by atoms with Crippen LogP contribution in [0.4, 0.5) is 0 Å². The SMILES string of the molecule is CCOc1ccc2c(c1)c(C(C)=O)c(C)n2-c1ccc(S(C)(=O)=O)cc1. The molecule has 0 saturated heterocycles. The summed E-state index contributed by atoms with van der Waals surface area (Å²) in [7, 11) is -3.25. The van der Waals surface area contributed by atoms with Crippen LogP contribution < -0.4 is 4.74 Å². The number of hydrogen-bond acceptors (Lipinski definition) is 4. The van der Waals surface area contributed by atoms with E-state index >= 15 is 0 Å². The zero-order chi connectivity index (χ0) is 19.1. The Labute approximate surface area is 153 Å². The molecular formula is C20H21NO4S. The molecular weight excluding hydrogens is 350 g/mol. The van der Waals surface area contributed by atoms with Crippen molar-refractivity contribution in [3.63, 3.8) is 0 Å². The van der Waals surface area contributed by atoms with Crippen molar-refractivity contribution in [1.29, 1.82) is 0 Å². The zero-order valence-corrected chi connectivity index (χ0v) is 16.1. The maximum atomic E-state index is 12.2. The van der Waals surface area contributed by atoms with Crippen LogP contribution in [0.5, 0.6) is 5.75 Å². The average Bonchev–Trinajstić information content (AvgIpc) is 2.86. The highest BCUT2D eigenvalue weighted by Crippen LogP contribution is 2.32. The minimum absolute atomic E-state index is 0.0207. The zero-order valence-electron chi connectivity index (χ0n) is 15.2. The fourth-order valence-electron chi connectivity index (χ4n) is 3.27. The normalized spacial score (nSPS) is 11.7. The third kappa shape index (κ3) is 3.12. The Morgan fingerprint density at radius 3 is 2.31 bits per heavy atom. The molecule has 0 radical (unpaired) electrons. The van der Waals surface area contributed by atoms with Crippen LogP contribution in [0.3, 0.4) is 0 Å². The number of nitrogens with zero attached hydrogens (tertiary/aromatic N) is 1. The van der Waals surface area contributed by atoms with E-state index in [0.29, 0.717) is 17.9 Å². The van der Waals surface area contributed by atoms with Gasteiger partial charge in [0, 0.05) is 28.6 Å². The van der Waals surface area contributed by atoms with Gasteiger partial charge in [0.2, 0.25) is 0 Å². The standard InChI is InChI=1S/C20H21NO4S/c1-5-25-16-8-11-19-18(12-16)20(14(3)22)13(2)21(19)15-6-9-17(10-7-15)26(4,23)24/h6-12H,5H2,1-4H3. The molecule has 1 aromatic heterocycles. The molecule has 3 rings (SSSR count). The van der Waals surface area contributed by atoms with Gasteiger partial charge in [-0.1, -0.05) is 0 Å². The maximum Gasteiger partial charge on any atom is 0.175 e. The summed E-state index contributed by atoms with van der Waals surface area (Å²) >= 11 is 0. The minimum atomic E-state index is -3.25. The van der Waals surface area contributed by atoms with Crippen molar-refractivity contribution in [3.05, 3.63) is 53.7 Å². The molecule has 1 heterocycles. The number of rotatable bonds is 5. The van der Waals surface area contributed by atoms with E-state index in [9.17, 15) is 13.2 Å². The Morgan fingerprint density at radius 1 is 1.12 bits per heavy atom. The number of carbonyl (C=O) groups excluding carboxylic acids is 1. The topological polar surface area (TPSA) is 65.4 Å². The van der Waals surface area contributed by atoms with Crippen molar-refractivity contribution in [1.82, 2.24) is 4.57 Å². The highest BCUT2D eigenvalue weighted by atomic mass is 32.2. The molecule has 0 fully saturated rings. The molecule has 0 aliphatic heterocycles. The highest BCUT2D eigenvalue weighted by molar-refractivity contribution is 7.90. The molecule has 136 valence electrons. The molecule has 0 atom stereocenters. The van der Waals surface area contributed by atoms with Gasteiger partial charge in [-0.3, -0.25) is 4.79 Å². The van der Waals surface area contributed by atoms with Crippen LogP contribution in [0.25, 0.3) is 16.6 Å². The van der Waals surface area contributed by atoms with E-state index < -0.39 is 9.84 Å². The van der Waals surface area contributed by atoms with Gasteiger partial charge in [0.15, 0.2) is 15.6 Å². The number of hydrogen-bond donors (Lipinski definition) is 0. The third-order valence-electron chi connectivity index (χ3n) is 4.36. The second-order valence-electron chi connectivity index (χ2n) is 6.23. The molecule has 0 N–H and O–H groups in total.